The molecule has 0 saturated heterocycles. The molecular weight excluding hydrogens is 264 g/mol. The number of hydrogen-bond acceptors (Lipinski definition) is 3. The van der Waals surface area contributed by atoms with Crippen molar-refractivity contribution in [2.75, 3.05) is 14.1 Å². The van der Waals surface area contributed by atoms with Gasteiger partial charge in [-0.15, -0.1) is 0 Å². The summed E-state index contributed by atoms with van der Waals surface area (Å²) in [6.45, 7) is -0.0557. The highest BCUT2D eigenvalue weighted by Crippen LogP contribution is 2.22. The molecule has 1 aromatic carbocycles. The van der Waals surface area contributed by atoms with Gasteiger partial charge in [-0.1, -0.05) is 0 Å². The maximum atomic E-state index is 10.7. The number of thiocarbonyl (C=S) groups is 1. The number of aromatic nitrogens is 1. The molecule has 5 nitrogen and oxygen atoms in total. The molecule has 0 atom stereocenters. The van der Waals surface area contributed by atoms with E-state index in [1.807, 2.05) is 32.3 Å². The molecule has 100 valence electrons. The van der Waals surface area contributed by atoms with Gasteiger partial charge in [0.2, 0.25) is 0 Å². The number of ether oxygens (including phenoxy) is 1. The SMILES string of the molecule is CN(C)C(=S)Oc1ccc2c(ccn2CC(=O)O)c1. The van der Waals surface area contributed by atoms with Crippen LogP contribution in [-0.2, 0) is 11.3 Å². The van der Waals surface area contributed by atoms with Crippen LogP contribution in [0.4, 0.5) is 0 Å². The molecule has 2 aromatic rings. The highest BCUT2D eigenvalue weighted by atomic mass is 32.1. The minimum atomic E-state index is -0.869. The van der Waals surface area contributed by atoms with Crippen molar-refractivity contribution in [3.63, 3.8) is 0 Å². The molecule has 1 N–H and O–H groups in total. The lowest BCUT2D eigenvalue weighted by atomic mass is 10.2. The fourth-order valence-electron chi connectivity index (χ4n) is 1.72. The highest BCUT2D eigenvalue weighted by Gasteiger charge is 2.07. The van der Waals surface area contributed by atoms with Crippen molar-refractivity contribution in [3.8, 4) is 5.75 Å². The van der Waals surface area contributed by atoms with Crippen LogP contribution < -0.4 is 4.74 Å². The zero-order chi connectivity index (χ0) is 14.0. The number of nitrogens with zero attached hydrogens (tertiary/aromatic N) is 2. The van der Waals surface area contributed by atoms with Gasteiger partial charge in [-0.3, -0.25) is 4.79 Å². The quantitative estimate of drug-likeness (QED) is 0.870. The maximum absolute atomic E-state index is 10.7. The molecule has 0 aliphatic rings. The molecule has 1 heterocycles. The summed E-state index contributed by atoms with van der Waals surface area (Å²) in [6, 6.07) is 7.29. The molecule has 0 unspecified atom stereocenters. The summed E-state index contributed by atoms with van der Waals surface area (Å²) in [5.74, 6) is -0.231. The molecular formula is C13H14N2O3S. The van der Waals surface area contributed by atoms with Gasteiger partial charge in [-0.25, -0.2) is 0 Å². The molecule has 2 rings (SSSR count). The summed E-state index contributed by atoms with van der Waals surface area (Å²) < 4.78 is 7.18. The lowest BCUT2D eigenvalue weighted by Crippen LogP contribution is -2.24. The van der Waals surface area contributed by atoms with Crippen LogP contribution in [0.3, 0.4) is 0 Å². The average Bonchev–Trinajstić information content (AvgIpc) is 2.71. The fourth-order valence-corrected chi connectivity index (χ4v) is 1.81. The van der Waals surface area contributed by atoms with Crippen LogP contribution in [-0.4, -0.2) is 39.8 Å². The number of rotatable bonds is 3. The highest BCUT2D eigenvalue weighted by molar-refractivity contribution is 7.80. The second-order valence-electron chi connectivity index (χ2n) is 4.32. The largest absolute Gasteiger partial charge is 0.480 e. The van der Waals surface area contributed by atoms with Crippen LogP contribution in [0, 0.1) is 0 Å². The summed E-state index contributed by atoms with van der Waals surface area (Å²) in [6.07, 6.45) is 1.74. The Kier molecular flexibility index (Phi) is 3.71. The van der Waals surface area contributed by atoms with Crippen molar-refractivity contribution in [2.24, 2.45) is 0 Å². The van der Waals surface area contributed by atoms with E-state index in [1.54, 1.807) is 21.7 Å². The molecule has 0 bridgehead atoms. The molecule has 19 heavy (non-hydrogen) atoms. The minimum absolute atomic E-state index is 0.0557. The fraction of sp³-hybridized carbons (Fsp3) is 0.231. The van der Waals surface area contributed by atoms with E-state index in [4.69, 9.17) is 22.1 Å². The second-order valence-corrected chi connectivity index (χ2v) is 4.67. The van der Waals surface area contributed by atoms with E-state index in [-0.39, 0.29) is 6.54 Å². The van der Waals surface area contributed by atoms with Gasteiger partial charge in [0.15, 0.2) is 0 Å². The minimum Gasteiger partial charge on any atom is -0.480 e. The summed E-state index contributed by atoms with van der Waals surface area (Å²) in [5, 5.41) is 10.1. The third-order valence-electron chi connectivity index (χ3n) is 2.62. The van der Waals surface area contributed by atoms with Crippen LogP contribution in [0.5, 0.6) is 5.75 Å². The molecule has 0 spiro atoms. The van der Waals surface area contributed by atoms with Crippen LogP contribution >= 0.6 is 12.2 Å². The third-order valence-corrected chi connectivity index (χ3v) is 3.07. The number of carboxylic acids is 1. The van der Waals surface area contributed by atoms with E-state index in [1.165, 1.54) is 0 Å². The first kappa shape index (κ1) is 13.4. The molecule has 0 aliphatic heterocycles. The number of benzene rings is 1. The number of fused-ring (bicyclic) bond motifs is 1. The Bertz CT molecular complexity index is 634. The van der Waals surface area contributed by atoms with E-state index >= 15 is 0 Å². The van der Waals surface area contributed by atoms with Gasteiger partial charge in [0.1, 0.15) is 12.3 Å². The van der Waals surface area contributed by atoms with Crippen molar-refractivity contribution < 1.29 is 14.6 Å². The van der Waals surface area contributed by atoms with E-state index < -0.39 is 5.97 Å². The second kappa shape index (κ2) is 5.27. The average molecular weight is 278 g/mol. The Hall–Kier alpha value is -2.08. The van der Waals surface area contributed by atoms with Gasteiger partial charge in [-0.2, -0.15) is 0 Å². The molecule has 0 aliphatic carbocycles. The molecule has 0 radical (unpaired) electrons. The van der Waals surface area contributed by atoms with Gasteiger partial charge in [-0.05, 0) is 36.5 Å². The first-order chi connectivity index (χ1) is 8.97. The molecule has 1 aromatic heterocycles. The van der Waals surface area contributed by atoms with Crippen LogP contribution in [0.1, 0.15) is 0 Å². The van der Waals surface area contributed by atoms with Crippen molar-refractivity contribution in [1.82, 2.24) is 9.47 Å². The first-order valence-electron chi connectivity index (χ1n) is 5.67. The van der Waals surface area contributed by atoms with E-state index in [9.17, 15) is 4.79 Å². The van der Waals surface area contributed by atoms with Gasteiger partial charge < -0.3 is 19.3 Å². The number of carboxylic acid groups (broad SMARTS) is 1. The van der Waals surface area contributed by atoms with E-state index in [2.05, 4.69) is 0 Å². The number of carbonyl (C=O) groups is 1. The zero-order valence-corrected chi connectivity index (χ0v) is 11.5. The molecule has 0 saturated carbocycles. The number of aliphatic carboxylic acids is 1. The Labute approximate surface area is 116 Å². The predicted octanol–water partition coefficient (Wildman–Crippen LogP) is 1.95. The Morgan fingerprint density at radius 2 is 2.16 bits per heavy atom. The standard InChI is InChI=1S/C13H14N2O3S/c1-14(2)13(19)18-10-3-4-11-9(7-10)5-6-15(11)8-12(16)17/h3-7H,8H2,1-2H3,(H,16,17). The summed E-state index contributed by atoms with van der Waals surface area (Å²) in [4.78, 5) is 12.4. The monoisotopic (exact) mass is 278 g/mol. The molecule has 6 heteroatoms. The van der Waals surface area contributed by atoms with Gasteiger partial charge in [0.05, 0.1) is 0 Å². The van der Waals surface area contributed by atoms with Crippen molar-refractivity contribution >= 4 is 34.3 Å². The van der Waals surface area contributed by atoms with Gasteiger partial charge >= 0.3 is 5.97 Å². The third kappa shape index (κ3) is 3.03. The lowest BCUT2D eigenvalue weighted by molar-refractivity contribution is -0.137. The zero-order valence-electron chi connectivity index (χ0n) is 10.7. The van der Waals surface area contributed by atoms with Crippen molar-refractivity contribution in [3.05, 3.63) is 30.5 Å². The Balaban J connectivity index is 2.27. The summed E-state index contributed by atoms with van der Waals surface area (Å²) in [7, 11) is 3.62. The number of hydrogen-bond donors (Lipinski definition) is 1. The molecule has 0 fully saturated rings. The van der Waals surface area contributed by atoms with Crippen LogP contribution in [0.15, 0.2) is 30.5 Å². The van der Waals surface area contributed by atoms with Crippen LogP contribution in [0.25, 0.3) is 10.9 Å². The van der Waals surface area contributed by atoms with E-state index in [0.717, 1.165) is 10.9 Å². The normalized spacial score (nSPS) is 10.4. The first-order valence-corrected chi connectivity index (χ1v) is 6.08. The Morgan fingerprint density at radius 3 is 2.79 bits per heavy atom. The predicted molar refractivity (Wildman–Crippen MR) is 76.5 cm³/mol. The van der Waals surface area contributed by atoms with Gasteiger partial charge in [0, 0.05) is 31.2 Å². The van der Waals surface area contributed by atoms with Crippen molar-refractivity contribution in [1.29, 1.82) is 0 Å². The van der Waals surface area contributed by atoms with Crippen LogP contribution in [0.2, 0.25) is 0 Å². The Morgan fingerprint density at radius 1 is 1.42 bits per heavy atom. The topological polar surface area (TPSA) is 54.7 Å². The van der Waals surface area contributed by atoms with E-state index in [0.29, 0.717) is 10.9 Å². The van der Waals surface area contributed by atoms with Gasteiger partial charge in [0.25, 0.3) is 5.17 Å². The smallest absolute Gasteiger partial charge is 0.323 e. The lowest BCUT2D eigenvalue weighted by Gasteiger charge is -2.14. The maximum Gasteiger partial charge on any atom is 0.323 e. The summed E-state index contributed by atoms with van der Waals surface area (Å²) >= 11 is 5.07. The molecule has 0 amide bonds. The van der Waals surface area contributed by atoms with Crippen molar-refractivity contribution in [2.45, 2.75) is 6.54 Å². The summed E-state index contributed by atoms with van der Waals surface area (Å²) in [5.41, 5.74) is 0.852.